The number of ether oxygens (including phenoxy) is 2. The van der Waals surface area contributed by atoms with Crippen LogP contribution in [0.2, 0.25) is 0 Å². The normalized spacial score (nSPS) is 16.9. The van der Waals surface area contributed by atoms with Crippen molar-refractivity contribution in [1.29, 1.82) is 0 Å². The number of imidazole rings is 1. The molecule has 1 saturated heterocycles. The first-order valence-electron chi connectivity index (χ1n) is 8.24. The zero-order chi connectivity index (χ0) is 18.1. The summed E-state index contributed by atoms with van der Waals surface area (Å²) in [6.45, 7) is 0.744. The van der Waals surface area contributed by atoms with Gasteiger partial charge in [-0.05, 0) is 31.2 Å². The van der Waals surface area contributed by atoms with Gasteiger partial charge in [0.1, 0.15) is 6.23 Å². The molecule has 0 aliphatic carbocycles. The van der Waals surface area contributed by atoms with Gasteiger partial charge in [0.2, 0.25) is 0 Å². The second-order valence-electron chi connectivity index (χ2n) is 5.83. The first-order valence-corrected chi connectivity index (χ1v) is 9.47. The van der Waals surface area contributed by atoms with Gasteiger partial charge in [-0.15, -0.1) is 0 Å². The van der Waals surface area contributed by atoms with Crippen LogP contribution in [0.25, 0.3) is 11.2 Å². The van der Waals surface area contributed by atoms with Crippen molar-refractivity contribution >= 4 is 34.4 Å². The molecular formula is C17H19N5O3S. The fourth-order valence-corrected chi connectivity index (χ4v) is 3.34. The van der Waals surface area contributed by atoms with Crippen molar-refractivity contribution in [2.45, 2.75) is 24.2 Å². The molecule has 0 spiro atoms. The quantitative estimate of drug-likeness (QED) is 0.400. The van der Waals surface area contributed by atoms with Gasteiger partial charge in [-0.1, -0.05) is 17.8 Å². The number of aromatic nitrogens is 4. The molecule has 1 aliphatic rings. The van der Waals surface area contributed by atoms with Gasteiger partial charge in [0, 0.05) is 6.61 Å². The van der Waals surface area contributed by atoms with E-state index in [9.17, 15) is 5.11 Å². The Bertz CT molecular complexity index is 940. The molecule has 9 heteroatoms. The maximum absolute atomic E-state index is 10.3. The van der Waals surface area contributed by atoms with Gasteiger partial charge in [0.15, 0.2) is 33.6 Å². The highest BCUT2D eigenvalue weighted by molar-refractivity contribution is 7.98. The predicted octanol–water partition coefficient (Wildman–Crippen LogP) is 3.32. The summed E-state index contributed by atoms with van der Waals surface area (Å²) in [5, 5.41) is 14.1. The Labute approximate surface area is 154 Å². The van der Waals surface area contributed by atoms with Gasteiger partial charge in [0.05, 0.1) is 19.1 Å². The molecular weight excluding hydrogens is 354 g/mol. The molecule has 1 atom stereocenters. The third-order valence-electron chi connectivity index (χ3n) is 4.27. The maximum Gasteiger partial charge on any atom is 0.191 e. The van der Waals surface area contributed by atoms with Crippen molar-refractivity contribution in [3.63, 3.8) is 0 Å². The highest BCUT2D eigenvalue weighted by Gasteiger charge is 2.22. The summed E-state index contributed by atoms with van der Waals surface area (Å²) in [5.74, 6) is 0.931. The standard InChI is InChI=1S/C17H19N5O3S/c1-24-11-6-3-5-10(14(11)23)19-15-13-16(21-17(20-15)26-2)22(9-18-13)12-7-4-8-25-12/h3,5-6,9,12,23H,4,7-8H2,1-2H3,(H,19,20,21). The lowest BCUT2D eigenvalue weighted by molar-refractivity contribution is 0.0592. The van der Waals surface area contributed by atoms with Gasteiger partial charge < -0.3 is 19.9 Å². The Morgan fingerprint density at radius 1 is 1.38 bits per heavy atom. The van der Waals surface area contributed by atoms with E-state index in [0.717, 1.165) is 19.4 Å². The molecule has 0 saturated carbocycles. The number of anilines is 2. The largest absolute Gasteiger partial charge is 0.503 e. The van der Waals surface area contributed by atoms with E-state index >= 15 is 0 Å². The van der Waals surface area contributed by atoms with Crippen LogP contribution in [-0.4, -0.2) is 44.6 Å². The van der Waals surface area contributed by atoms with Crippen LogP contribution in [0.1, 0.15) is 19.1 Å². The minimum Gasteiger partial charge on any atom is -0.503 e. The first-order chi connectivity index (χ1) is 12.7. The highest BCUT2D eigenvalue weighted by Crippen LogP contribution is 2.37. The number of hydrogen-bond acceptors (Lipinski definition) is 8. The van der Waals surface area contributed by atoms with E-state index in [4.69, 9.17) is 9.47 Å². The molecule has 1 aliphatic heterocycles. The van der Waals surface area contributed by atoms with Crippen molar-refractivity contribution in [3.05, 3.63) is 24.5 Å². The molecule has 2 aromatic heterocycles. The molecule has 136 valence electrons. The van der Waals surface area contributed by atoms with Crippen LogP contribution in [0, 0.1) is 0 Å². The van der Waals surface area contributed by atoms with Crippen molar-refractivity contribution in [3.8, 4) is 11.5 Å². The minimum absolute atomic E-state index is 0.0195. The van der Waals surface area contributed by atoms with E-state index in [-0.39, 0.29) is 12.0 Å². The summed E-state index contributed by atoms with van der Waals surface area (Å²) in [7, 11) is 1.51. The molecule has 1 unspecified atom stereocenters. The van der Waals surface area contributed by atoms with E-state index in [2.05, 4.69) is 20.3 Å². The molecule has 26 heavy (non-hydrogen) atoms. The van der Waals surface area contributed by atoms with Crippen LogP contribution in [0.4, 0.5) is 11.5 Å². The van der Waals surface area contributed by atoms with Gasteiger partial charge in [-0.2, -0.15) is 0 Å². The monoisotopic (exact) mass is 373 g/mol. The molecule has 0 amide bonds. The Balaban J connectivity index is 1.79. The lowest BCUT2D eigenvalue weighted by Gasteiger charge is -2.13. The number of methoxy groups -OCH3 is 1. The van der Waals surface area contributed by atoms with Gasteiger partial charge >= 0.3 is 0 Å². The third kappa shape index (κ3) is 2.93. The number of phenolic OH excluding ortho intramolecular Hbond substituents is 1. The predicted molar refractivity (Wildman–Crippen MR) is 99.3 cm³/mol. The van der Waals surface area contributed by atoms with Crippen molar-refractivity contribution in [1.82, 2.24) is 19.5 Å². The molecule has 1 fully saturated rings. The molecule has 4 rings (SSSR count). The van der Waals surface area contributed by atoms with E-state index in [0.29, 0.717) is 33.6 Å². The maximum atomic E-state index is 10.3. The average Bonchev–Trinajstić information content (AvgIpc) is 3.32. The summed E-state index contributed by atoms with van der Waals surface area (Å²) < 4.78 is 12.9. The smallest absolute Gasteiger partial charge is 0.191 e. The number of nitrogens with zero attached hydrogens (tertiary/aromatic N) is 4. The fraction of sp³-hybridized carbons (Fsp3) is 0.353. The zero-order valence-corrected chi connectivity index (χ0v) is 15.3. The summed E-state index contributed by atoms with van der Waals surface area (Å²) in [4.78, 5) is 13.6. The third-order valence-corrected chi connectivity index (χ3v) is 4.82. The molecule has 1 aromatic carbocycles. The van der Waals surface area contributed by atoms with Crippen molar-refractivity contribution in [2.75, 3.05) is 25.3 Å². The van der Waals surface area contributed by atoms with Crippen LogP contribution in [-0.2, 0) is 4.74 Å². The number of nitrogens with one attached hydrogen (secondary N) is 1. The number of thioether (sulfide) groups is 1. The van der Waals surface area contributed by atoms with Gasteiger partial charge in [-0.3, -0.25) is 4.57 Å². The van der Waals surface area contributed by atoms with Crippen LogP contribution in [0.5, 0.6) is 11.5 Å². The average molecular weight is 373 g/mol. The Morgan fingerprint density at radius 2 is 2.27 bits per heavy atom. The number of fused-ring (bicyclic) bond motifs is 1. The number of benzene rings is 1. The van der Waals surface area contributed by atoms with E-state index < -0.39 is 0 Å². The first kappa shape index (κ1) is 16.9. The van der Waals surface area contributed by atoms with E-state index in [1.54, 1.807) is 24.5 Å². The second kappa shape index (κ2) is 7.00. The van der Waals surface area contributed by atoms with Crippen molar-refractivity contribution in [2.24, 2.45) is 0 Å². The number of phenols is 1. The summed E-state index contributed by atoms with van der Waals surface area (Å²) >= 11 is 1.44. The Hall–Kier alpha value is -2.52. The minimum atomic E-state index is -0.0531. The Kier molecular flexibility index (Phi) is 4.56. The molecule has 8 nitrogen and oxygen atoms in total. The summed E-state index contributed by atoms with van der Waals surface area (Å²) in [6, 6.07) is 5.23. The number of para-hydroxylation sites is 1. The van der Waals surface area contributed by atoms with Crippen molar-refractivity contribution < 1.29 is 14.6 Å². The lowest BCUT2D eigenvalue weighted by atomic mass is 10.2. The Morgan fingerprint density at radius 3 is 3.00 bits per heavy atom. The van der Waals surface area contributed by atoms with Crippen LogP contribution in [0.3, 0.4) is 0 Å². The van der Waals surface area contributed by atoms with E-state index in [1.807, 2.05) is 10.8 Å². The number of aromatic hydroxyl groups is 1. The molecule has 0 radical (unpaired) electrons. The zero-order valence-electron chi connectivity index (χ0n) is 14.5. The van der Waals surface area contributed by atoms with Crippen LogP contribution < -0.4 is 10.1 Å². The van der Waals surface area contributed by atoms with Crippen LogP contribution in [0.15, 0.2) is 29.7 Å². The summed E-state index contributed by atoms with van der Waals surface area (Å²) in [5.41, 5.74) is 1.82. The molecule has 2 N–H and O–H groups in total. The van der Waals surface area contributed by atoms with Gasteiger partial charge in [-0.25, -0.2) is 15.0 Å². The molecule has 3 heterocycles. The lowest BCUT2D eigenvalue weighted by Crippen LogP contribution is -2.07. The SMILES string of the molecule is COc1cccc(Nc2nc(SC)nc3c2ncn3C2CCCO2)c1O. The fourth-order valence-electron chi connectivity index (χ4n) is 2.98. The summed E-state index contributed by atoms with van der Waals surface area (Å²) in [6.07, 6.45) is 5.55. The molecule has 3 aromatic rings. The van der Waals surface area contributed by atoms with E-state index in [1.165, 1.54) is 18.9 Å². The number of hydrogen-bond donors (Lipinski definition) is 2. The molecule has 0 bridgehead atoms. The number of rotatable bonds is 5. The highest BCUT2D eigenvalue weighted by atomic mass is 32.2. The van der Waals surface area contributed by atoms with Gasteiger partial charge in [0.25, 0.3) is 0 Å². The topological polar surface area (TPSA) is 94.3 Å². The van der Waals surface area contributed by atoms with Crippen LogP contribution >= 0.6 is 11.8 Å². The second-order valence-corrected chi connectivity index (χ2v) is 6.61.